The van der Waals surface area contributed by atoms with Gasteiger partial charge in [-0.05, 0) is 25.5 Å². The van der Waals surface area contributed by atoms with E-state index in [9.17, 15) is 10.1 Å². The van der Waals surface area contributed by atoms with Gasteiger partial charge in [-0.1, -0.05) is 13.3 Å². The number of ether oxygens (including phenoxy) is 1. The summed E-state index contributed by atoms with van der Waals surface area (Å²) in [7, 11) is 0. The van der Waals surface area contributed by atoms with E-state index in [-0.39, 0.29) is 11.4 Å². The van der Waals surface area contributed by atoms with E-state index in [2.05, 4.69) is 20.8 Å². The van der Waals surface area contributed by atoms with E-state index in [1.54, 1.807) is 19.1 Å². The van der Waals surface area contributed by atoms with Crippen LogP contribution < -0.4 is 15.5 Å². The van der Waals surface area contributed by atoms with Crippen molar-refractivity contribution in [2.45, 2.75) is 26.7 Å². The van der Waals surface area contributed by atoms with Gasteiger partial charge < -0.3 is 10.1 Å². The predicted octanol–water partition coefficient (Wildman–Crippen LogP) is 2.05. The normalized spacial score (nSPS) is 14.2. The lowest BCUT2D eigenvalue weighted by atomic mass is 10.1. The van der Waals surface area contributed by atoms with Crippen molar-refractivity contribution in [3.63, 3.8) is 0 Å². The molecule has 8 heteroatoms. The average Bonchev–Trinajstić information content (AvgIpc) is 3.06. The Hall–Kier alpha value is -2.64. The second-order valence-electron chi connectivity index (χ2n) is 5.11. The molecule has 2 rings (SSSR count). The number of nitrogens with zero attached hydrogens (tertiary/aromatic N) is 3. The molecule has 0 unspecified atom stereocenters. The Kier molecular flexibility index (Phi) is 5.90. The summed E-state index contributed by atoms with van der Waals surface area (Å²) >= 11 is 0. The van der Waals surface area contributed by atoms with Crippen LogP contribution >= 0.6 is 0 Å². The first-order valence-electron chi connectivity index (χ1n) is 7.62. The Balaban J connectivity index is 2.13. The number of benzene rings is 1. The van der Waals surface area contributed by atoms with Crippen LogP contribution in [0, 0.1) is 10.1 Å². The summed E-state index contributed by atoms with van der Waals surface area (Å²) in [6, 6.07) is 4.86. The van der Waals surface area contributed by atoms with Crippen molar-refractivity contribution in [2.75, 3.05) is 19.7 Å². The van der Waals surface area contributed by atoms with E-state index in [0.29, 0.717) is 30.4 Å². The zero-order chi connectivity index (χ0) is 16.7. The Morgan fingerprint density at radius 2 is 2.39 bits per heavy atom. The third-order valence-electron chi connectivity index (χ3n) is 3.33. The van der Waals surface area contributed by atoms with Crippen LogP contribution in [-0.2, 0) is 0 Å². The number of hydrazone groups is 1. The third kappa shape index (κ3) is 4.67. The number of nitrogens with one attached hydrogen (secondary N) is 2. The van der Waals surface area contributed by atoms with Gasteiger partial charge >= 0.3 is 5.69 Å². The smallest absolute Gasteiger partial charge is 0.311 e. The second kappa shape index (κ2) is 8.11. The molecule has 124 valence electrons. The maximum absolute atomic E-state index is 11.2. The zero-order valence-electron chi connectivity index (χ0n) is 13.3. The average molecular weight is 319 g/mol. The van der Waals surface area contributed by atoms with Crippen LogP contribution in [0.1, 0.15) is 32.3 Å². The lowest BCUT2D eigenvalue weighted by Gasteiger charge is -2.08. The highest BCUT2D eigenvalue weighted by Gasteiger charge is 2.17. The first kappa shape index (κ1) is 16.7. The van der Waals surface area contributed by atoms with E-state index in [1.165, 1.54) is 6.07 Å². The molecule has 0 atom stereocenters. The molecular formula is C15H21N5O3. The van der Waals surface area contributed by atoms with E-state index >= 15 is 0 Å². The highest BCUT2D eigenvalue weighted by molar-refractivity contribution is 6.00. The van der Waals surface area contributed by atoms with Gasteiger partial charge in [-0.3, -0.25) is 10.1 Å². The van der Waals surface area contributed by atoms with Gasteiger partial charge in [0.2, 0.25) is 5.96 Å². The molecule has 0 aliphatic carbocycles. The Morgan fingerprint density at radius 1 is 1.57 bits per heavy atom. The minimum atomic E-state index is -0.436. The molecule has 0 bridgehead atoms. The van der Waals surface area contributed by atoms with Crippen LogP contribution in [0.3, 0.4) is 0 Å². The molecule has 1 heterocycles. The largest absolute Gasteiger partial charge is 0.487 e. The molecule has 1 aliphatic rings. The minimum absolute atomic E-state index is 0.0514. The number of guanidine groups is 1. The van der Waals surface area contributed by atoms with Gasteiger partial charge in [-0.2, -0.15) is 5.10 Å². The fraction of sp³-hybridized carbons (Fsp3) is 0.467. The van der Waals surface area contributed by atoms with Gasteiger partial charge in [0.15, 0.2) is 5.75 Å². The molecule has 2 N–H and O–H groups in total. The first-order chi connectivity index (χ1) is 11.1. The quantitative estimate of drug-likeness (QED) is 0.347. The van der Waals surface area contributed by atoms with Gasteiger partial charge in [-0.15, -0.1) is 0 Å². The van der Waals surface area contributed by atoms with E-state index in [1.807, 2.05) is 6.92 Å². The second-order valence-corrected chi connectivity index (χ2v) is 5.11. The standard InChI is InChI=1S/C15H21N5O3/c1-3-4-9-23-14-6-5-12(10-13(14)20(21)22)11(2)18-19-15-16-7-8-17-15/h5-6,10H,3-4,7-9H2,1-2H3,(H2,16,17,19)/b18-11+. The molecule has 0 radical (unpaired) electrons. The molecule has 1 aliphatic heterocycles. The summed E-state index contributed by atoms with van der Waals surface area (Å²) in [6.07, 6.45) is 1.83. The first-order valence-corrected chi connectivity index (χ1v) is 7.62. The molecule has 0 spiro atoms. The van der Waals surface area contributed by atoms with Crippen molar-refractivity contribution in [3.8, 4) is 5.75 Å². The van der Waals surface area contributed by atoms with E-state index in [0.717, 1.165) is 19.4 Å². The summed E-state index contributed by atoms with van der Waals surface area (Å²) in [6.45, 7) is 5.78. The van der Waals surface area contributed by atoms with E-state index in [4.69, 9.17) is 4.74 Å². The van der Waals surface area contributed by atoms with Crippen LogP contribution in [0.25, 0.3) is 0 Å². The molecule has 0 amide bonds. The topological polar surface area (TPSA) is 101 Å². The zero-order valence-corrected chi connectivity index (χ0v) is 13.3. The van der Waals surface area contributed by atoms with Gasteiger partial charge in [0, 0.05) is 18.2 Å². The molecule has 1 aromatic rings. The highest BCUT2D eigenvalue weighted by Crippen LogP contribution is 2.28. The monoisotopic (exact) mass is 319 g/mol. The highest BCUT2D eigenvalue weighted by atomic mass is 16.6. The fourth-order valence-corrected chi connectivity index (χ4v) is 2.01. The van der Waals surface area contributed by atoms with Crippen LogP contribution in [0.15, 0.2) is 28.3 Å². The van der Waals surface area contributed by atoms with Crippen molar-refractivity contribution < 1.29 is 9.66 Å². The molecule has 0 saturated heterocycles. The molecule has 0 aromatic heterocycles. The number of unbranched alkanes of at least 4 members (excludes halogenated alkanes) is 1. The molecule has 0 saturated carbocycles. The SMILES string of the molecule is CCCCOc1ccc(/C(C)=N/NC2=NCCN2)cc1[N+](=O)[O-]. The maximum Gasteiger partial charge on any atom is 0.311 e. The van der Waals surface area contributed by atoms with Crippen LogP contribution in [-0.4, -0.2) is 36.3 Å². The summed E-state index contributed by atoms with van der Waals surface area (Å²) in [5.74, 6) is 0.896. The summed E-state index contributed by atoms with van der Waals surface area (Å²) < 4.78 is 5.49. The van der Waals surface area contributed by atoms with E-state index < -0.39 is 4.92 Å². The minimum Gasteiger partial charge on any atom is -0.487 e. The van der Waals surface area contributed by atoms with Gasteiger partial charge in [0.1, 0.15) is 0 Å². The number of nitro benzene ring substituents is 1. The lowest BCUT2D eigenvalue weighted by molar-refractivity contribution is -0.385. The van der Waals surface area contributed by atoms with Crippen molar-refractivity contribution in [3.05, 3.63) is 33.9 Å². The fourth-order valence-electron chi connectivity index (χ4n) is 2.01. The van der Waals surface area contributed by atoms with Gasteiger partial charge in [-0.25, -0.2) is 10.4 Å². The summed E-state index contributed by atoms with van der Waals surface area (Å²) in [5, 5.41) is 18.5. The number of nitro groups is 1. The van der Waals surface area contributed by atoms with Gasteiger partial charge in [0.25, 0.3) is 0 Å². The Bertz CT molecular complexity index is 628. The van der Waals surface area contributed by atoms with Crippen molar-refractivity contribution in [1.29, 1.82) is 0 Å². The number of hydrogen-bond donors (Lipinski definition) is 2. The van der Waals surface area contributed by atoms with Crippen molar-refractivity contribution in [1.82, 2.24) is 10.7 Å². The maximum atomic E-state index is 11.2. The number of hydrogen-bond acceptors (Lipinski definition) is 7. The molecular weight excluding hydrogens is 298 g/mol. The van der Waals surface area contributed by atoms with Crippen LogP contribution in [0.2, 0.25) is 0 Å². The Morgan fingerprint density at radius 3 is 3.04 bits per heavy atom. The number of aliphatic imine (C=N–C) groups is 1. The molecule has 1 aromatic carbocycles. The third-order valence-corrected chi connectivity index (χ3v) is 3.33. The lowest BCUT2D eigenvalue weighted by Crippen LogP contribution is -2.30. The summed E-state index contributed by atoms with van der Waals surface area (Å²) in [4.78, 5) is 15.0. The molecule has 0 fully saturated rings. The molecule has 23 heavy (non-hydrogen) atoms. The Labute approximate surface area is 134 Å². The van der Waals surface area contributed by atoms with Crippen molar-refractivity contribution in [2.24, 2.45) is 10.1 Å². The number of rotatable bonds is 7. The van der Waals surface area contributed by atoms with Crippen LogP contribution in [0.5, 0.6) is 5.75 Å². The predicted molar refractivity (Wildman–Crippen MR) is 89.2 cm³/mol. The summed E-state index contributed by atoms with van der Waals surface area (Å²) in [5.41, 5.74) is 4.05. The van der Waals surface area contributed by atoms with Gasteiger partial charge in [0.05, 0.1) is 23.8 Å². The van der Waals surface area contributed by atoms with Crippen molar-refractivity contribution >= 4 is 17.4 Å². The van der Waals surface area contributed by atoms with Crippen LogP contribution in [0.4, 0.5) is 5.69 Å². The molecule has 8 nitrogen and oxygen atoms in total.